The first kappa shape index (κ1) is 14.8. The minimum atomic E-state index is -4.64. The SMILES string of the molecule is CC(Cl)C(C)c1ccc([N+](=O)[O-])cc1C(F)(F)F. The highest BCUT2D eigenvalue weighted by Gasteiger charge is 2.36. The summed E-state index contributed by atoms with van der Waals surface area (Å²) in [4.78, 5) is 9.65. The van der Waals surface area contributed by atoms with Gasteiger partial charge in [0.2, 0.25) is 0 Å². The fraction of sp³-hybridized carbons (Fsp3) is 0.455. The predicted octanol–water partition coefficient (Wildman–Crippen LogP) is 4.34. The lowest BCUT2D eigenvalue weighted by atomic mass is 9.92. The number of benzene rings is 1. The molecule has 0 N–H and O–H groups in total. The summed E-state index contributed by atoms with van der Waals surface area (Å²) in [5.41, 5.74) is -1.62. The third-order valence-electron chi connectivity index (χ3n) is 2.73. The van der Waals surface area contributed by atoms with Crippen molar-refractivity contribution in [2.45, 2.75) is 31.3 Å². The highest BCUT2D eigenvalue weighted by Crippen LogP contribution is 2.38. The maximum atomic E-state index is 12.8. The van der Waals surface area contributed by atoms with Crippen LogP contribution in [-0.2, 0) is 6.18 Å². The summed E-state index contributed by atoms with van der Waals surface area (Å²) in [5, 5.41) is 10.0. The summed E-state index contributed by atoms with van der Waals surface area (Å²) in [6, 6.07) is 2.72. The third kappa shape index (κ3) is 3.13. The van der Waals surface area contributed by atoms with Crippen LogP contribution in [0.3, 0.4) is 0 Å². The Morgan fingerprint density at radius 2 is 1.89 bits per heavy atom. The van der Waals surface area contributed by atoms with E-state index in [0.717, 1.165) is 12.1 Å². The van der Waals surface area contributed by atoms with Crippen LogP contribution in [0.5, 0.6) is 0 Å². The molecule has 0 saturated heterocycles. The maximum Gasteiger partial charge on any atom is 0.416 e. The van der Waals surface area contributed by atoms with Crippen LogP contribution in [0.1, 0.15) is 30.9 Å². The van der Waals surface area contributed by atoms with Gasteiger partial charge >= 0.3 is 6.18 Å². The van der Waals surface area contributed by atoms with Gasteiger partial charge in [-0.25, -0.2) is 0 Å². The number of rotatable bonds is 3. The first-order chi connectivity index (χ1) is 8.14. The molecule has 0 spiro atoms. The van der Waals surface area contributed by atoms with Crippen LogP contribution >= 0.6 is 11.6 Å². The Labute approximate surface area is 107 Å². The van der Waals surface area contributed by atoms with Crippen LogP contribution in [0.15, 0.2) is 18.2 Å². The lowest BCUT2D eigenvalue weighted by molar-refractivity contribution is -0.385. The Balaban J connectivity index is 3.39. The molecule has 0 bridgehead atoms. The molecule has 0 aliphatic heterocycles. The van der Waals surface area contributed by atoms with E-state index in [1.165, 1.54) is 0 Å². The van der Waals surface area contributed by atoms with Crippen molar-refractivity contribution in [3.8, 4) is 0 Å². The smallest absolute Gasteiger partial charge is 0.258 e. The molecule has 0 heterocycles. The van der Waals surface area contributed by atoms with Crippen molar-refractivity contribution >= 4 is 17.3 Å². The topological polar surface area (TPSA) is 43.1 Å². The molecule has 1 aromatic carbocycles. The number of nitrogens with zero attached hydrogens (tertiary/aromatic N) is 1. The molecule has 2 unspecified atom stereocenters. The minimum Gasteiger partial charge on any atom is -0.258 e. The molecule has 1 aromatic rings. The van der Waals surface area contributed by atoms with Crippen LogP contribution in [-0.4, -0.2) is 10.3 Å². The Morgan fingerprint density at radius 3 is 2.28 bits per heavy atom. The zero-order valence-corrected chi connectivity index (χ0v) is 10.4. The van der Waals surface area contributed by atoms with Gasteiger partial charge in [-0.05, 0) is 18.4 Å². The number of alkyl halides is 4. The summed E-state index contributed by atoms with van der Waals surface area (Å²) in [6.07, 6.45) is -4.64. The molecular formula is C11H11ClF3NO2. The second-order valence-corrected chi connectivity index (χ2v) is 4.68. The minimum absolute atomic E-state index is 0.0319. The monoisotopic (exact) mass is 281 g/mol. The van der Waals surface area contributed by atoms with Crippen LogP contribution in [0.2, 0.25) is 0 Å². The van der Waals surface area contributed by atoms with E-state index in [2.05, 4.69) is 0 Å². The molecule has 3 nitrogen and oxygen atoms in total. The van der Waals surface area contributed by atoms with Gasteiger partial charge in [-0.3, -0.25) is 10.1 Å². The normalized spacial score (nSPS) is 15.2. The molecule has 0 aliphatic rings. The van der Waals surface area contributed by atoms with E-state index in [0.29, 0.717) is 6.07 Å². The quantitative estimate of drug-likeness (QED) is 0.470. The lowest BCUT2D eigenvalue weighted by Crippen LogP contribution is -2.15. The highest BCUT2D eigenvalue weighted by atomic mass is 35.5. The average Bonchev–Trinajstić information content (AvgIpc) is 2.25. The summed E-state index contributed by atoms with van der Waals surface area (Å²) >= 11 is 5.79. The van der Waals surface area contributed by atoms with Crippen LogP contribution in [0.25, 0.3) is 0 Å². The van der Waals surface area contributed by atoms with E-state index in [4.69, 9.17) is 11.6 Å². The molecule has 0 fully saturated rings. The molecule has 1 rings (SSSR count). The van der Waals surface area contributed by atoms with Gasteiger partial charge in [-0.15, -0.1) is 11.6 Å². The van der Waals surface area contributed by atoms with E-state index < -0.39 is 33.6 Å². The van der Waals surface area contributed by atoms with Crippen LogP contribution in [0.4, 0.5) is 18.9 Å². The predicted molar refractivity (Wildman–Crippen MR) is 61.8 cm³/mol. The largest absolute Gasteiger partial charge is 0.416 e. The molecule has 0 saturated carbocycles. The Morgan fingerprint density at radius 1 is 1.33 bits per heavy atom. The number of hydrogen-bond acceptors (Lipinski definition) is 2. The molecular weight excluding hydrogens is 271 g/mol. The molecule has 100 valence electrons. The summed E-state index contributed by atoms with van der Waals surface area (Å²) < 4.78 is 38.5. The number of nitro groups is 1. The van der Waals surface area contributed by atoms with Crippen molar-refractivity contribution in [1.29, 1.82) is 0 Å². The standard InChI is InChI=1S/C11H11ClF3NO2/c1-6(7(2)12)9-4-3-8(16(17)18)5-10(9)11(13,14)15/h3-7H,1-2H3. The van der Waals surface area contributed by atoms with Gasteiger partial charge in [-0.1, -0.05) is 13.0 Å². The second kappa shape index (κ2) is 5.14. The first-order valence-corrected chi connectivity index (χ1v) is 5.58. The van der Waals surface area contributed by atoms with Gasteiger partial charge in [0.25, 0.3) is 5.69 Å². The fourth-order valence-electron chi connectivity index (χ4n) is 1.55. The second-order valence-electron chi connectivity index (χ2n) is 3.99. The Bertz CT molecular complexity index is 460. The number of halogens is 4. The van der Waals surface area contributed by atoms with Crippen molar-refractivity contribution in [2.24, 2.45) is 0 Å². The molecule has 2 atom stereocenters. The number of non-ortho nitro benzene ring substituents is 1. The molecule has 0 amide bonds. The van der Waals surface area contributed by atoms with E-state index in [1.807, 2.05) is 0 Å². The van der Waals surface area contributed by atoms with Gasteiger partial charge < -0.3 is 0 Å². The van der Waals surface area contributed by atoms with Gasteiger partial charge in [0, 0.05) is 17.5 Å². The van der Waals surface area contributed by atoms with Crippen molar-refractivity contribution in [1.82, 2.24) is 0 Å². The average molecular weight is 282 g/mol. The number of hydrogen-bond donors (Lipinski definition) is 0. The van der Waals surface area contributed by atoms with Gasteiger partial charge in [0.15, 0.2) is 0 Å². The van der Waals surface area contributed by atoms with Crippen molar-refractivity contribution in [2.75, 3.05) is 0 Å². The fourth-order valence-corrected chi connectivity index (χ4v) is 1.68. The Kier molecular flexibility index (Phi) is 4.21. The Hall–Kier alpha value is -1.30. The van der Waals surface area contributed by atoms with Crippen LogP contribution < -0.4 is 0 Å². The van der Waals surface area contributed by atoms with Crippen molar-refractivity contribution < 1.29 is 18.1 Å². The van der Waals surface area contributed by atoms with E-state index in [9.17, 15) is 23.3 Å². The molecule has 0 radical (unpaired) electrons. The molecule has 0 aliphatic carbocycles. The number of nitro benzene ring substituents is 1. The third-order valence-corrected chi connectivity index (χ3v) is 3.11. The van der Waals surface area contributed by atoms with Crippen LogP contribution in [0, 0.1) is 10.1 Å². The summed E-state index contributed by atoms with van der Waals surface area (Å²) in [6.45, 7) is 3.13. The van der Waals surface area contributed by atoms with E-state index in [1.54, 1.807) is 13.8 Å². The molecule has 0 aromatic heterocycles. The van der Waals surface area contributed by atoms with E-state index in [-0.39, 0.29) is 5.56 Å². The lowest BCUT2D eigenvalue weighted by Gasteiger charge is -2.19. The van der Waals surface area contributed by atoms with Gasteiger partial charge in [-0.2, -0.15) is 13.2 Å². The van der Waals surface area contributed by atoms with Crippen molar-refractivity contribution in [3.63, 3.8) is 0 Å². The summed E-state index contributed by atoms with van der Waals surface area (Å²) in [7, 11) is 0. The highest BCUT2D eigenvalue weighted by molar-refractivity contribution is 6.20. The zero-order valence-electron chi connectivity index (χ0n) is 9.66. The van der Waals surface area contributed by atoms with Crippen molar-refractivity contribution in [3.05, 3.63) is 39.4 Å². The molecule has 7 heteroatoms. The molecule has 18 heavy (non-hydrogen) atoms. The van der Waals surface area contributed by atoms with Gasteiger partial charge in [0.05, 0.1) is 10.5 Å². The van der Waals surface area contributed by atoms with Gasteiger partial charge in [0.1, 0.15) is 0 Å². The first-order valence-electron chi connectivity index (χ1n) is 5.14. The van der Waals surface area contributed by atoms with E-state index >= 15 is 0 Å². The zero-order chi connectivity index (χ0) is 14.1. The summed E-state index contributed by atoms with van der Waals surface area (Å²) in [5.74, 6) is -0.552. The maximum absolute atomic E-state index is 12.8.